The molecule has 0 saturated heterocycles. The zero-order valence-corrected chi connectivity index (χ0v) is 11.3. The molecule has 6 heteroatoms. The lowest BCUT2D eigenvalue weighted by atomic mass is 10.1. The van der Waals surface area contributed by atoms with Gasteiger partial charge in [-0.25, -0.2) is 0 Å². The monoisotopic (exact) mass is 284 g/mol. The maximum Gasteiger partial charge on any atom is 0.308 e. The van der Waals surface area contributed by atoms with Crippen LogP contribution in [0, 0.1) is 0 Å². The molecule has 0 amide bonds. The van der Waals surface area contributed by atoms with Crippen LogP contribution in [0.1, 0.15) is 25.8 Å². The molecule has 0 aliphatic carbocycles. The first-order valence-electron chi connectivity index (χ1n) is 5.56. The predicted molar refractivity (Wildman–Crippen MR) is 68.2 cm³/mol. The summed E-state index contributed by atoms with van der Waals surface area (Å²) in [6.07, 6.45) is 0.588. The predicted octanol–water partition coefficient (Wildman–Crippen LogP) is 2.24. The van der Waals surface area contributed by atoms with Crippen molar-refractivity contribution in [1.82, 2.24) is 0 Å². The first-order valence-corrected chi connectivity index (χ1v) is 5.94. The van der Waals surface area contributed by atoms with Gasteiger partial charge in [0.15, 0.2) is 11.5 Å². The molecule has 1 rings (SSSR count). The van der Waals surface area contributed by atoms with E-state index in [1.54, 1.807) is 12.1 Å². The van der Waals surface area contributed by atoms with Crippen LogP contribution in [0.15, 0.2) is 18.2 Å². The first-order chi connectivity index (χ1) is 8.88. The number of hydrogen-bond donors (Lipinski definition) is 0. The second kappa shape index (κ2) is 6.89. The van der Waals surface area contributed by atoms with E-state index in [-0.39, 0.29) is 17.9 Å². The Bertz CT molecular complexity index is 510. The summed E-state index contributed by atoms with van der Waals surface area (Å²) in [6, 6.07) is 4.72. The Morgan fingerprint density at radius 3 is 2.16 bits per heavy atom. The molecule has 0 spiro atoms. The Balaban J connectivity index is 2.96. The zero-order chi connectivity index (χ0) is 14.4. The van der Waals surface area contributed by atoms with E-state index in [0.717, 1.165) is 5.56 Å². The minimum atomic E-state index is -0.529. The molecule has 0 radical (unpaired) electrons. The van der Waals surface area contributed by atoms with Crippen molar-refractivity contribution in [2.75, 3.05) is 0 Å². The SMILES string of the molecule is CC(=O)Oc1ccc(CCC(=O)Cl)cc1OC(C)=O. The smallest absolute Gasteiger partial charge is 0.308 e. The Hall–Kier alpha value is -1.88. The average Bonchev–Trinajstić information content (AvgIpc) is 2.28. The number of carbonyl (C=O) groups excluding carboxylic acids is 3. The molecule has 5 nitrogen and oxygen atoms in total. The van der Waals surface area contributed by atoms with Gasteiger partial charge in [0.05, 0.1) is 0 Å². The third-order valence-electron chi connectivity index (χ3n) is 2.13. The molecule has 0 aromatic heterocycles. The number of aryl methyl sites for hydroxylation is 1. The lowest BCUT2D eigenvalue weighted by Crippen LogP contribution is -2.07. The highest BCUT2D eigenvalue weighted by atomic mass is 35.5. The molecule has 0 aliphatic rings. The summed E-state index contributed by atoms with van der Waals surface area (Å²) in [5, 5.41) is -0.446. The van der Waals surface area contributed by atoms with E-state index in [2.05, 4.69) is 0 Å². The zero-order valence-electron chi connectivity index (χ0n) is 10.6. The van der Waals surface area contributed by atoms with Crippen molar-refractivity contribution in [3.8, 4) is 11.5 Å². The summed E-state index contributed by atoms with van der Waals surface area (Å²) in [7, 11) is 0. The topological polar surface area (TPSA) is 69.7 Å². The van der Waals surface area contributed by atoms with Crippen molar-refractivity contribution in [2.24, 2.45) is 0 Å². The van der Waals surface area contributed by atoms with Crippen LogP contribution in [0.4, 0.5) is 0 Å². The number of hydrogen-bond acceptors (Lipinski definition) is 5. The molecular formula is C13H13ClO5. The summed E-state index contributed by atoms with van der Waals surface area (Å²) in [4.78, 5) is 32.6. The van der Waals surface area contributed by atoms with E-state index in [0.29, 0.717) is 6.42 Å². The molecular weight excluding hydrogens is 272 g/mol. The van der Waals surface area contributed by atoms with Crippen molar-refractivity contribution >= 4 is 28.8 Å². The third kappa shape index (κ3) is 5.52. The third-order valence-corrected chi connectivity index (χ3v) is 2.31. The molecule has 0 aliphatic heterocycles. The molecule has 0 N–H and O–H groups in total. The molecule has 102 valence electrons. The molecule has 1 aromatic rings. The molecule has 19 heavy (non-hydrogen) atoms. The summed E-state index contributed by atoms with van der Waals surface area (Å²) in [5.41, 5.74) is 0.751. The van der Waals surface area contributed by atoms with Gasteiger partial charge >= 0.3 is 11.9 Å². The van der Waals surface area contributed by atoms with Crippen LogP contribution in [-0.2, 0) is 20.8 Å². The van der Waals surface area contributed by atoms with Crippen LogP contribution < -0.4 is 9.47 Å². The van der Waals surface area contributed by atoms with Crippen LogP contribution in [0.2, 0.25) is 0 Å². The first kappa shape index (κ1) is 15.2. The van der Waals surface area contributed by atoms with Gasteiger partial charge in [0.1, 0.15) is 0 Å². The maximum absolute atomic E-state index is 11.0. The van der Waals surface area contributed by atoms with Gasteiger partial charge in [-0.1, -0.05) is 6.07 Å². The van der Waals surface area contributed by atoms with Gasteiger partial charge in [0, 0.05) is 20.3 Å². The Morgan fingerprint density at radius 2 is 1.63 bits per heavy atom. The van der Waals surface area contributed by atoms with Crippen molar-refractivity contribution in [2.45, 2.75) is 26.7 Å². The highest BCUT2D eigenvalue weighted by Gasteiger charge is 2.11. The summed E-state index contributed by atoms with van der Waals surface area (Å²) in [5.74, 6) is -0.748. The van der Waals surface area contributed by atoms with E-state index in [1.807, 2.05) is 0 Å². The number of ether oxygens (including phenoxy) is 2. The molecule has 0 fully saturated rings. The van der Waals surface area contributed by atoms with Crippen LogP contribution >= 0.6 is 11.6 Å². The number of rotatable bonds is 5. The molecule has 0 unspecified atom stereocenters. The number of carbonyl (C=O) groups is 3. The number of halogens is 1. The summed E-state index contributed by atoms with van der Waals surface area (Å²) < 4.78 is 9.88. The average molecular weight is 285 g/mol. The summed E-state index contributed by atoms with van der Waals surface area (Å²) >= 11 is 5.26. The quantitative estimate of drug-likeness (QED) is 0.471. The lowest BCUT2D eigenvalue weighted by Gasteiger charge is -2.10. The largest absolute Gasteiger partial charge is 0.423 e. The van der Waals surface area contributed by atoms with Gasteiger partial charge in [-0.05, 0) is 35.7 Å². The fourth-order valence-corrected chi connectivity index (χ4v) is 1.52. The van der Waals surface area contributed by atoms with E-state index in [1.165, 1.54) is 19.9 Å². The maximum atomic E-state index is 11.0. The highest BCUT2D eigenvalue weighted by molar-refractivity contribution is 6.63. The Morgan fingerprint density at radius 1 is 1.05 bits per heavy atom. The van der Waals surface area contributed by atoms with Crippen molar-refractivity contribution in [3.05, 3.63) is 23.8 Å². The van der Waals surface area contributed by atoms with Gasteiger partial charge in [0.2, 0.25) is 5.24 Å². The fraction of sp³-hybridized carbons (Fsp3) is 0.308. The normalized spacial score (nSPS) is 9.84. The van der Waals surface area contributed by atoms with Gasteiger partial charge in [-0.15, -0.1) is 0 Å². The standard InChI is InChI=1S/C13H13ClO5/c1-8(15)18-11-5-3-10(4-6-13(14)17)7-12(11)19-9(2)16/h3,5,7H,4,6H2,1-2H3. The van der Waals surface area contributed by atoms with Crippen LogP contribution in [0.25, 0.3) is 0 Å². The molecule has 0 heterocycles. The fourth-order valence-electron chi connectivity index (χ4n) is 1.42. The minimum Gasteiger partial charge on any atom is -0.423 e. The van der Waals surface area contributed by atoms with E-state index in [9.17, 15) is 14.4 Å². The molecule has 0 bridgehead atoms. The van der Waals surface area contributed by atoms with E-state index >= 15 is 0 Å². The van der Waals surface area contributed by atoms with Crippen LogP contribution in [0.5, 0.6) is 11.5 Å². The molecule has 0 saturated carbocycles. The van der Waals surface area contributed by atoms with E-state index in [4.69, 9.17) is 21.1 Å². The second-order valence-electron chi connectivity index (χ2n) is 3.82. The van der Waals surface area contributed by atoms with Crippen molar-refractivity contribution < 1.29 is 23.9 Å². The highest BCUT2D eigenvalue weighted by Crippen LogP contribution is 2.29. The number of esters is 2. The lowest BCUT2D eigenvalue weighted by molar-refractivity contribution is -0.134. The van der Waals surface area contributed by atoms with Gasteiger partial charge in [-0.2, -0.15) is 0 Å². The molecule has 0 atom stereocenters. The summed E-state index contributed by atoms with van der Waals surface area (Å²) in [6.45, 7) is 2.49. The second-order valence-corrected chi connectivity index (χ2v) is 4.25. The van der Waals surface area contributed by atoms with Crippen LogP contribution in [0.3, 0.4) is 0 Å². The van der Waals surface area contributed by atoms with Gasteiger partial charge in [-0.3, -0.25) is 14.4 Å². The Labute approximate surface area is 115 Å². The van der Waals surface area contributed by atoms with Crippen LogP contribution in [-0.4, -0.2) is 17.2 Å². The minimum absolute atomic E-state index is 0.141. The van der Waals surface area contributed by atoms with Crippen molar-refractivity contribution in [3.63, 3.8) is 0 Å². The van der Waals surface area contributed by atoms with Crippen molar-refractivity contribution in [1.29, 1.82) is 0 Å². The van der Waals surface area contributed by atoms with Gasteiger partial charge < -0.3 is 9.47 Å². The van der Waals surface area contributed by atoms with E-state index < -0.39 is 17.2 Å². The number of benzene rings is 1. The molecule has 1 aromatic carbocycles. The van der Waals surface area contributed by atoms with Gasteiger partial charge in [0.25, 0.3) is 0 Å². The Kier molecular flexibility index (Phi) is 5.51.